The molecule has 2 fully saturated rings. The predicted octanol–water partition coefficient (Wildman–Crippen LogP) is 8.48. The van der Waals surface area contributed by atoms with Crippen molar-refractivity contribution in [1.29, 1.82) is 5.26 Å². The number of carbonyl (C=O) groups is 1. The first-order valence-electron chi connectivity index (χ1n) is 18.5. The maximum absolute atomic E-state index is 12.9. The topological polar surface area (TPSA) is 112 Å². The van der Waals surface area contributed by atoms with Crippen molar-refractivity contribution in [3.05, 3.63) is 47.7 Å². The molecule has 1 aliphatic heterocycles. The number of piperidine rings is 1. The lowest BCUT2D eigenvalue weighted by Gasteiger charge is -2.42. The van der Waals surface area contributed by atoms with Crippen molar-refractivity contribution in [2.75, 3.05) is 51.0 Å². The Kier molecular flexibility index (Phi) is 13.1. The van der Waals surface area contributed by atoms with Gasteiger partial charge in [-0.05, 0) is 108 Å². The third-order valence-electron chi connectivity index (χ3n) is 10.2. The monoisotopic (exact) mass is 668 g/mol. The molecule has 1 amide bonds. The van der Waals surface area contributed by atoms with Gasteiger partial charge in [0.25, 0.3) is 0 Å². The van der Waals surface area contributed by atoms with Crippen LogP contribution in [0.3, 0.4) is 0 Å². The molecular weight excluding hydrogens is 612 g/mol. The van der Waals surface area contributed by atoms with Crippen molar-refractivity contribution in [3.8, 4) is 17.6 Å². The summed E-state index contributed by atoms with van der Waals surface area (Å²) in [5, 5.41) is 21.0. The number of anilines is 3. The first kappa shape index (κ1) is 36.4. The molecule has 2 aliphatic rings. The number of ether oxygens (including phenoxy) is 2. The molecule has 49 heavy (non-hydrogen) atoms. The fourth-order valence-corrected chi connectivity index (χ4v) is 7.62. The molecule has 5 rings (SSSR count). The number of benzene rings is 2. The van der Waals surface area contributed by atoms with Crippen molar-refractivity contribution in [2.45, 2.75) is 103 Å². The number of nitrogens with one attached hydrogen (secondary N) is 3. The summed E-state index contributed by atoms with van der Waals surface area (Å²) in [6.45, 7) is 6.98. The summed E-state index contributed by atoms with van der Waals surface area (Å²) in [6, 6.07) is 12.4. The lowest BCUT2D eigenvalue weighted by molar-refractivity contribution is -0.116. The van der Waals surface area contributed by atoms with Crippen molar-refractivity contribution >= 4 is 33.9 Å². The normalized spacial score (nSPS) is 18.2. The Morgan fingerprint density at radius 2 is 1.80 bits per heavy atom. The Balaban J connectivity index is 1.30. The van der Waals surface area contributed by atoms with E-state index < -0.39 is 0 Å². The smallest absolute Gasteiger partial charge is 0.224 e. The average Bonchev–Trinajstić information content (AvgIpc) is 3.08. The maximum Gasteiger partial charge on any atom is 0.224 e. The summed E-state index contributed by atoms with van der Waals surface area (Å²) in [4.78, 5) is 19.5. The first-order valence-corrected chi connectivity index (χ1v) is 18.5. The number of nitrogens with zero attached hydrogens (tertiary/aromatic N) is 3. The predicted molar refractivity (Wildman–Crippen MR) is 199 cm³/mol. The molecule has 1 aromatic heterocycles. The first-order chi connectivity index (χ1) is 23.8. The summed E-state index contributed by atoms with van der Waals surface area (Å²) >= 11 is 0. The molecule has 9 nitrogen and oxygen atoms in total. The number of aryl methyl sites for hydroxylation is 1. The molecule has 1 unspecified atom stereocenters. The zero-order valence-electron chi connectivity index (χ0n) is 30.1. The van der Waals surface area contributed by atoms with Gasteiger partial charge < -0.3 is 30.3 Å². The number of hydrogen-bond donors (Lipinski definition) is 3. The highest BCUT2D eigenvalue weighted by Crippen LogP contribution is 2.42. The minimum atomic E-state index is -0.0820. The van der Waals surface area contributed by atoms with Gasteiger partial charge in [-0.3, -0.25) is 9.78 Å². The van der Waals surface area contributed by atoms with Gasteiger partial charge in [0.15, 0.2) is 0 Å². The number of fused-ring (bicyclic) bond motifs is 1. The van der Waals surface area contributed by atoms with Crippen LogP contribution in [-0.2, 0) is 4.79 Å². The van der Waals surface area contributed by atoms with Crippen LogP contribution in [0.4, 0.5) is 17.1 Å². The van der Waals surface area contributed by atoms with Crippen molar-refractivity contribution in [1.82, 2.24) is 15.2 Å². The molecule has 1 spiro atoms. The van der Waals surface area contributed by atoms with Crippen molar-refractivity contribution in [2.24, 2.45) is 5.41 Å². The molecule has 1 saturated heterocycles. The number of nitriles is 1. The van der Waals surface area contributed by atoms with Crippen LogP contribution < -0.4 is 25.4 Å². The summed E-state index contributed by atoms with van der Waals surface area (Å²) in [5.74, 6) is 1.34. The van der Waals surface area contributed by atoms with Gasteiger partial charge >= 0.3 is 0 Å². The highest BCUT2D eigenvalue weighted by molar-refractivity contribution is 6.02. The molecule has 0 radical (unpaired) electrons. The van der Waals surface area contributed by atoms with E-state index in [0.717, 1.165) is 41.9 Å². The molecule has 1 aliphatic carbocycles. The van der Waals surface area contributed by atoms with Crippen LogP contribution in [-0.4, -0.2) is 62.2 Å². The summed E-state index contributed by atoms with van der Waals surface area (Å²) < 4.78 is 12.3. The van der Waals surface area contributed by atoms with Gasteiger partial charge in [-0.1, -0.05) is 44.9 Å². The van der Waals surface area contributed by atoms with Gasteiger partial charge in [-0.25, -0.2) is 0 Å². The third-order valence-corrected chi connectivity index (χ3v) is 10.2. The number of amides is 1. The highest BCUT2D eigenvalue weighted by atomic mass is 16.5. The fourth-order valence-electron chi connectivity index (χ4n) is 7.62. The Bertz CT molecular complexity index is 1590. The quantitative estimate of drug-likeness (QED) is 0.176. The van der Waals surface area contributed by atoms with Crippen LogP contribution in [0.25, 0.3) is 10.9 Å². The van der Waals surface area contributed by atoms with E-state index >= 15 is 0 Å². The second-order valence-corrected chi connectivity index (χ2v) is 14.4. The van der Waals surface area contributed by atoms with Crippen LogP contribution in [0.5, 0.6) is 11.5 Å². The van der Waals surface area contributed by atoms with E-state index in [1.165, 1.54) is 70.6 Å². The molecule has 2 aromatic carbocycles. The molecular formula is C40H56N6O3. The van der Waals surface area contributed by atoms with Crippen molar-refractivity contribution in [3.63, 3.8) is 0 Å². The Morgan fingerprint density at radius 3 is 2.49 bits per heavy atom. The van der Waals surface area contributed by atoms with Gasteiger partial charge in [0.1, 0.15) is 24.2 Å². The van der Waals surface area contributed by atoms with E-state index in [4.69, 9.17) is 9.47 Å². The Labute approximate surface area is 293 Å². The zero-order valence-corrected chi connectivity index (χ0v) is 30.1. The van der Waals surface area contributed by atoms with Crippen LogP contribution in [0.2, 0.25) is 0 Å². The number of aromatic nitrogens is 1. The van der Waals surface area contributed by atoms with Crippen LogP contribution in [0.1, 0.15) is 102 Å². The van der Waals surface area contributed by atoms with Gasteiger partial charge in [-0.15, -0.1) is 0 Å². The largest absolute Gasteiger partial charge is 0.492 e. The molecule has 0 bridgehead atoms. The number of rotatable bonds is 12. The second kappa shape index (κ2) is 17.7. The lowest BCUT2D eigenvalue weighted by Crippen LogP contribution is -2.47. The SMILES string of the molecule is CCOc1cc2ncc(C#N)c(Nc3ccc(OCC4CC5(CCCCCCCCC5)CCN4)c(C)c3)c2cc1NC(=O)CCCN(C)C. The van der Waals surface area contributed by atoms with Crippen molar-refractivity contribution < 1.29 is 14.3 Å². The lowest BCUT2D eigenvalue weighted by atomic mass is 9.69. The van der Waals surface area contributed by atoms with E-state index in [2.05, 4.69) is 44.9 Å². The minimum Gasteiger partial charge on any atom is -0.492 e. The molecule has 9 heteroatoms. The zero-order chi connectivity index (χ0) is 34.6. The molecule has 2 heterocycles. The van der Waals surface area contributed by atoms with Crippen LogP contribution in [0.15, 0.2) is 36.5 Å². The summed E-state index contributed by atoms with van der Waals surface area (Å²) in [7, 11) is 3.99. The van der Waals surface area contributed by atoms with E-state index in [0.29, 0.717) is 59.3 Å². The van der Waals surface area contributed by atoms with Gasteiger partial charge in [0.2, 0.25) is 5.91 Å². The van der Waals surface area contributed by atoms with Crippen LogP contribution in [0, 0.1) is 23.7 Å². The average molecular weight is 669 g/mol. The van der Waals surface area contributed by atoms with E-state index in [-0.39, 0.29) is 5.91 Å². The van der Waals surface area contributed by atoms with E-state index in [1.807, 2.05) is 45.3 Å². The molecule has 1 saturated carbocycles. The second-order valence-electron chi connectivity index (χ2n) is 14.4. The number of hydrogen-bond acceptors (Lipinski definition) is 8. The van der Waals surface area contributed by atoms with Gasteiger partial charge in [-0.2, -0.15) is 5.26 Å². The minimum absolute atomic E-state index is 0.0820. The van der Waals surface area contributed by atoms with E-state index in [9.17, 15) is 10.1 Å². The Hall–Kier alpha value is -3.87. The molecule has 264 valence electrons. The standard InChI is InChI=1S/C40H56N6O3/c1-5-48-37-24-34-33(23-35(37)45-38(47)14-13-21-46(3)4)39(30(26-41)27-43-34)44-31-15-16-36(29(2)22-31)49-28-32-25-40(19-20-42-32)17-11-9-7-6-8-10-12-18-40/h15-16,22-24,27,32,42H,5-14,17-21,25,28H2,1-4H3,(H,43,44)(H,45,47). The van der Waals surface area contributed by atoms with Gasteiger partial charge in [0.05, 0.1) is 29.1 Å². The molecule has 3 aromatic rings. The maximum atomic E-state index is 12.9. The number of pyridine rings is 1. The molecule has 3 N–H and O–H groups in total. The Morgan fingerprint density at radius 1 is 1.04 bits per heavy atom. The number of carbonyl (C=O) groups excluding carboxylic acids is 1. The third kappa shape index (κ3) is 10.1. The van der Waals surface area contributed by atoms with E-state index in [1.54, 1.807) is 6.20 Å². The van der Waals surface area contributed by atoms with Crippen LogP contribution >= 0.6 is 0 Å². The summed E-state index contributed by atoms with van der Waals surface area (Å²) in [6.07, 6.45) is 17.6. The fraction of sp³-hybridized carbons (Fsp3) is 0.575. The summed E-state index contributed by atoms with van der Waals surface area (Å²) in [5.41, 5.74) is 4.60. The van der Waals surface area contributed by atoms with Gasteiger partial charge in [0, 0.05) is 35.8 Å². The highest BCUT2D eigenvalue weighted by Gasteiger charge is 2.35. The molecule has 1 atom stereocenters.